The summed E-state index contributed by atoms with van der Waals surface area (Å²) in [7, 11) is 0.175. The summed E-state index contributed by atoms with van der Waals surface area (Å²) in [6, 6.07) is 0. The molecule has 0 bridgehead atoms. The van der Waals surface area contributed by atoms with Crippen LogP contribution in [0.25, 0.3) is 0 Å². The van der Waals surface area contributed by atoms with Crippen LogP contribution >= 0.6 is 0 Å². The highest BCUT2D eigenvalue weighted by atomic mass is 32.2. The lowest BCUT2D eigenvalue weighted by atomic mass is 10.2. The molecule has 0 aromatic heterocycles. The summed E-state index contributed by atoms with van der Waals surface area (Å²) in [6.07, 6.45) is 2.90. The van der Waals surface area contributed by atoms with Gasteiger partial charge in [-0.3, -0.25) is 9.93 Å². The highest BCUT2D eigenvalue weighted by molar-refractivity contribution is 7.82. The van der Waals surface area contributed by atoms with Crippen molar-refractivity contribution in [3.63, 3.8) is 0 Å². The minimum Gasteiger partial charge on any atom is -0.469 e. The quantitative estimate of drug-likeness (QED) is 0.488. The second-order valence-electron chi connectivity index (χ2n) is 2.47. The van der Waals surface area contributed by atoms with Gasteiger partial charge >= 0.3 is 5.97 Å². The van der Waals surface area contributed by atoms with Crippen molar-refractivity contribution >= 4 is 17.0 Å². The molecule has 0 fully saturated rings. The van der Waals surface area contributed by atoms with Gasteiger partial charge in [-0.2, -0.15) is 0 Å². The molecule has 0 saturated heterocycles. The Kier molecular flexibility index (Phi) is 6.99. The molecule has 0 aliphatic heterocycles. The number of carbonyl (C=O) groups is 1. The maximum atomic E-state index is 10.6. The molecule has 0 rings (SSSR count). The molecular weight excluding hydrogens is 178 g/mol. The van der Waals surface area contributed by atoms with Crippen LogP contribution in [0, 0.1) is 0 Å². The first-order valence-electron chi connectivity index (χ1n) is 3.86. The number of hydrogen-bond donors (Lipinski definition) is 1. The number of rotatable bonds is 6. The first kappa shape index (κ1) is 11.6. The number of esters is 1. The van der Waals surface area contributed by atoms with Crippen LogP contribution in [0.2, 0.25) is 0 Å². The maximum absolute atomic E-state index is 10.6. The van der Waals surface area contributed by atoms with E-state index in [0.717, 1.165) is 19.3 Å². The van der Waals surface area contributed by atoms with E-state index >= 15 is 0 Å². The van der Waals surface area contributed by atoms with E-state index in [9.17, 15) is 9.00 Å². The molecule has 0 saturated carbocycles. The van der Waals surface area contributed by atoms with Crippen LogP contribution in [0.4, 0.5) is 0 Å². The van der Waals surface area contributed by atoms with Crippen molar-refractivity contribution < 1.29 is 13.7 Å². The highest BCUT2D eigenvalue weighted by Gasteiger charge is 1.99. The molecule has 0 spiro atoms. The number of carbonyl (C=O) groups excluding carboxylic acids is 1. The normalized spacial score (nSPS) is 12.5. The smallest absolute Gasteiger partial charge is 0.305 e. The summed E-state index contributed by atoms with van der Waals surface area (Å²) in [4.78, 5) is 10.6. The van der Waals surface area contributed by atoms with Crippen molar-refractivity contribution in [1.29, 1.82) is 0 Å². The van der Waals surface area contributed by atoms with Gasteiger partial charge in [0.2, 0.25) is 0 Å². The Morgan fingerprint density at radius 3 is 2.58 bits per heavy atom. The van der Waals surface area contributed by atoms with Crippen LogP contribution in [0.1, 0.15) is 25.7 Å². The topological polar surface area (TPSA) is 69.4 Å². The van der Waals surface area contributed by atoms with Gasteiger partial charge in [0.05, 0.1) is 18.1 Å². The zero-order valence-electron chi connectivity index (χ0n) is 7.25. The zero-order chi connectivity index (χ0) is 9.40. The number of methoxy groups -OCH3 is 1. The lowest BCUT2D eigenvalue weighted by molar-refractivity contribution is -0.140. The third-order valence-corrected chi connectivity index (χ3v) is 2.15. The van der Waals surface area contributed by atoms with Gasteiger partial charge in [-0.25, -0.2) is 4.21 Å². The maximum Gasteiger partial charge on any atom is 0.305 e. The molecule has 0 aliphatic rings. The summed E-state index contributed by atoms with van der Waals surface area (Å²) in [5, 5.41) is 5.04. The van der Waals surface area contributed by atoms with E-state index in [1.165, 1.54) is 7.11 Å². The highest BCUT2D eigenvalue weighted by Crippen LogP contribution is 2.00. The second-order valence-corrected chi connectivity index (χ2v) is 3.64. The molecule has 0 amide bonds. The predicted octanol–water partition coefficient (Wildman–Crippen LogP) is 0.342. The van der Waals surface area contributed by atoms with Crippen molar-refractivity contribution in [1.82, 2.24) is 0 Å². The van der Waals surface area contributed by atoms with E-state index in [1.54, 1.807) is 0 Å². The van der Waals surface area contributed by atoms with Gasteiger partial charge in [-0.05, 0) is 12.8 Å². The molecule has 0 aromatic carbocycles. The molecule has 2 N–H and O–H groups in total. The average Bonchev–Trinajstić information content (AvgIpc) is 2.03. The number of nitrogens with two attached hydrogens (primary N) is 1. The van der Waals surface area contributed by atoms with Crippen molar-refractivity contribution in [2.75, 3.05) is 12.9 Å². The Balaban J connectivity index is 3.11. The van der Waals surface area contributed by atoms with Crippen LogP contribution in [0.5, 0.6) is 0 Å². The zero-order valence-corrected chi connectivity index (χ0v) is 8.06. The van der Waals surface area contributed by atoms with Crippen LogP contribution in [-0.4, -0.2) is 23.0 Å². The average molecular weight is 193 g/mol. The van der Waals surface area contributed by atoms with Crippen molar-refractivity contribution in [3.05, 3.63) is 0 Å². The number of unbranched alkanes of at least 4 members (excludes halogenated alkanes) is 2. The Labute approximate surface area is 75.1 Å². The standard InChI is InChI=1S/C7H15NO3S/c1-11-7(9)5-3-2-4-6-12(8)10/h2-6,8H2,1H3. The van der Waals surface area contributed by atoms with Gasteiger partial charge < -0.3 is 4.74 Å². The minimum absolute atomic E-state index is 0.191. The van der Waals surface area contributed by atoms with Crippen molar-refractivity contribution in [2.24, 2.45) is 5.14 Å². The van der Waals surface area contributed by atoms with Gasteiger partial charge in [0.15, 0.2) is 0 Å². The molecular formula is C7H15NO3S. The van der Waals surface area contributed by atoms with Crippen LogP contribution in [-0.2, 0) is 20.5 Å². The van der Waals surface area contributed by atoms with Crippen LogP contribution in [0.3, 0.4) is 0 Å². The molecule has 4 nitrogen and oxygen atoms in total. The monoisotopic (exact) mass is 193 g/mol. The molecule has 72 valence electrons. The van der Waals surface area contributed by atoms with E-state index in [0.29, 0.717) is 12.2 Å². The van der Waals surface area contributed by atoms with E-state index in [1.807, 2.05) is 0 Å². The van der Waals surface area contributed by atoms with Gasteiger partial charge in [0, 0.05) is 12.2 Å². The molecule has 12 heavy (non-hydrogen) atoms. The Bertz CT molecular complexity index is 161. The minimum atomic E-state index is -1.20. The lowest BCUT2D eigenvalue weighted by Gasteiger charge is -1.98. The molecule has 1 atom stereocenters. The molecule has 0 radical (unpaired) electrons. The Hall–Kier alpha value is -0.420. The van der Waals surface area contributed by atoms with Crippen LogP contribution in [0.15, 0.2) is 0 Å². The summed E-state index contributed by atoms with van der Waals surface area (Å²) in [5.74, 6) is 0.324. The van der Waals surface area contributed by atoms with Gasteiger partial charge in [0.1, 0.15) is 0 Å². The predicted molar refractivity (Wildman–Crippen MR) is 47.7 cm³/mol. The van der Waals surface area contributed by atoms with Gasteiger partial charge in [-0.1, -0.05) is 6.42 Å². The summed E-state index contributed by atoms with van der Waals surface area (Å²) >= 11 is 0. The summed E-state index contributed by atoms with van der Waals surface area (Å²) in [5.41, 5.74) is 0. The van der Waals surface area contributed by atoms with Crippen molar-refractivity contribution in [2.45, 2.75) is 25.7 Å². The number of ether oxygens (including phenoxy) is 1. The molecule has 0 aliphatic carbocycles. The Morgan fingerprint density at radius 2 is 2.08 bits per heavy atom. The van der Waals surface area contributed by atoms with Crippen molar-refractivity contribution in [3.8, 4) is 0 Å². The summed E-state index contributed by atoms with van der Waals surface area (Å²) in [6.45, 7) is 0. The van der Waals surface area contributed by atoms with E-state index in [4.69, 9.17) is 5.14 Å². The largest absolute Gasteiger partial charge is 0.469 e. The van der Waals surface area contributed by atoms with E-state index in [2.05, 4.69) is 4.74 Å². The summed E-state index contributed by atoms with van der Waals surface area (Å²) < 4.78 is 14.8. The fourth-order valence-electron chi connectivity index (χ4n) is 0.792. The van der Waals surface area contributed by atoms with E-state index < -0.39 is 11.0 Å². The van der Waals surface area contributed by atoms with Crippen LogP contribution < -0.4 is 5.14 Å². The first-order chi connectivity index (χ1) is 5.66. The molecule has 1 unspecified atom stereocenters. The second kappa shape index (κ2) is 7.24. The first-order valence-corrected chi connectivity index (χ1v) is 5.24. The lowest BCUT2D eigenvalue weighted by Crippen LogP contribution is -2.07. The number of hydrogen-bond acceptors (Lipinski definition) is 3. The fraction of sp³-hybridized carbons (Fsp3) is 0.857. The fourth-order valence-corrected chi connectivity index (χ4v) is 1.28. The Morgan fingerprint density at radius 1 is 1.42 bits per heavy atom. The molecule has 0 heterocycles. The SMILES string of the molecule is COC(=O)CCCCCS(N)=O. The van der Waals surface area contributed by atoms with Gasteiger partial charge in [0.25, 0.3) is 0 Å². The third kappa shape index (κ3) is 7.68. The molecule has 0 aromatic rings. The molecule has 5 heteroatoms. The van der Waals surface area contributed by atoms with E-state index in [-0.39, 0.29) is 5.97 Å². The van der Waals surface area contributed by atoms with Gasteiger partial charge in [-0.15, -0.1) is 0 Å². The third-order valence-electron chi connectivity index (χ3n) is 1.45.